The molecule has 0 spiro atoms. The van der Waals surface area contributed by atoms with E-state index in [0.29, 0.717) is 42.8 Å². The van der Waals surface area contributed by atoms with Crippen LogP contribution in [0.2, 0.25) is 0 Å². The van der Waals surface area contributed by atoms with Gasteiger partial charge in [0, 0.05) is 18.1 Å². The van der Waals surface area contributed by atoms with Gasteiger partial charge in [-0.1, -0.05) is 19.3 Å². The van der Waals surface area contributed by atoms with Crippen molar-refractivity contribution in [1.29, 1.82) is 0 Å². The van der Waals surface area contributed by atoms with Gasteiger partial charge in [0.2, 0.25) is 11.8 Å². The molecule has 1 saturated carbocycles. The van der Waals surface area contributed by atoms with Crippen LogP contribution in [0, 0.1) is 5.92 Å². The number of nitrogens with one attached hydrogen (secondary N) is 1. The number of carbonyl (C=O) groups excluding carboxylic acids is 1. The molecule has 1 fully saturated rings. The fourth-order valence-electron chi connectivity index (χ4n) is 3.84. The van der Waals surface area contributed by atoms with Crippen LogP contribution in [0.15, 0.2) is 36.4 Å². The van der Waals surface area contributed by atoms with Crippen LogP contribution in [0.25, 0.3) is 17.0 Å². The molecule has 0 bridgehead atoms. The monoisotopic (exact) mass is 409 g/mol. The van der Waals surface area contributed by atoms with Gasteiger partial charge in [-0.3, -0.25) is 4.79 Å². The van der Waals surface area contributed by atoms with E-state index < -0.39 is 0 Å². The summed E-state index contributed by atoms with van der Waals surface area (Å²) >= 11 is 0. The van der Waals surface area contributed by atoms with Gasteiger partial charge in [0.1, 0.15) is 12.4 Å². The molecule has 1 aromatic carbocycles. The number of hydrogen-bond donors (Lipinski definition) is 1. The van der Waals surface area contributed by atoms with E-state index in [1.807, 2.05) is 30.3 Å². The fraction of sp³-hybridized carbons (Fsp3) is 0.455. The summed E-state index contributed by atoms with van der Waals surface area (Å²) in [4.78, 5) is 12.1. The molecule has 0 aliphatic heterocycles. The van der Waals surface area contributed by atoms with Crippen molar-refractivity contribution < 1.29 is 14.3 Å². The molecule has 1 aliphatic carbocycles. The first kappa shape index (κ1) is 20.1. The third-order valence-corrected chi connectivity index (χ3v) is 5.46. The first-order valence-corrected chi connectivity index (χ1v) is 10.5. The maximum Gasteiger partial charge on any atom is 0.231 e. The molecule has 0 saturated heterocycles. The number of rotatable bonds is 8. The van der Waals surface area contributed by atoms with Gasteiger partial charge >= 0.3 is 0 Å². The van der Waals surface area contributed by atoms with Crippen molar-refractivity contribution in [2.45, 2.75) is 38.5 Å². The number of hydrogen-bond acceptors (Lipinski definition) is 6. The Morgan fingerprint density at radius 2 is 1.90 bits per heavy atom. The topological polar surface area (TPSA) is 90.6 Å². The standard InChI is InChI=1S/C22H27N5O3/c1-29-18-9-7-17(8-10-18)22-25-24-19-11-12-21(26-27(19)22)30-14-13-23-20(28)15-16-5-3-2-4-6-16/h7-12,16H,2-6,13-15H2,1H3,(H,23,28). The lowest BCUT2D eigenvalue weighted by Crippen LogP contribution is -2.30. The zero-order valence-electron chi connectivity index (χ0n) is 17.2. The zero-order valence-corrected chi connectivity index (χ0v) is 17.2. The van der Waals surface area contributed by atoms with Gasteiger partial charge in [0.15, 0.2) is 11.5 Å². The normalized spacial score (nSPS) is 14.6. The number of benzene rings is 1. The predicted octanol–water partition coefficient (Wildman–Crippen LogP) is 3.27. The number of aromatic nitrogens is 4. The van der Waals surface area contributed by atoms with Crippen molar-refractivity contribution in [3.05, 3.63) is 36.4 Å². The number of fused-ring (bicyclic) bond motifs is 1. The number of amides is 1. The van der Waals surface area contributed by atoms with Gasteiger partial charge in [-0.15, -0.1) is 15.3 Å². The van der Waals surface area contributed by atoms with Crippen LogP contribution in [-0.4, -0.2) is 46.0 Å². The Morgan fingerprint density at radius 3 is 2.67 bits per heavy atom. The molecule has 0 radical (unpaired) electrons. The molecule has 2 aromatic heterocycles. The summed E-state index contributed by atoms with van der Waals surface area (Å²) in [5, 5.41) is 15.8. The van der Waals surface area contributed by atoms with Gasteiger partial charge in [-0.25, -0.2) is 0 Å². The van der Waals surface area contributed by atoms with E-state index in [9.17, 15) is 4.79 Å². The Balaban J connectivity index is 1.32. The molecular formula is C22H27N5O3. The molecule has 0 atom stereocenters. The van der Waals surface area contributed by atoms with Crippen molar-refractivity contribution in [2.24, 2.45) is 5.92 Å². The number of ether oxygens (including phenoxy) is 2. The second-order valence-electron chi connectivity index (χ2n) is 7.60. The van der Waals surface area contributed by atoms with E-state index >= 15 is 0 Å². The molecule has 1 aliphatic rings. The maximum absolute atomic E-state index is 12.1. The lowest BCUT2D eigenvalue weighted by Gasteiger charge is -2.20. The minimum absolute atomic E-state index is 0.106. The minimum Gasteiger partial charge on any atom is -0.497 e. The van der Waals surface area contributed by atoms with Gasteiger partial charge in [-0.05, 0) is 49.1 Å². The number of carbonyl (C=O) groups is 1. The van der Waals surface area contributed by atoms with E-state index in [2.05, 4.69) is 20.6 Å². The molecule has 3 aromatic rings. The Morgan fingerprint density at radius 1 is 1.10 bits per heavy atom. The van der Waals surface area contributed by atoms with Crippen LogP contribution in [0.4, 0.5) is 0 Å². The second kappa shape index (κ2) is 9.56. The molecule has 1 N–H and O–H groups in total. The Bertz CT molecular complexity index is 980. The first-order valence-electron chi connectivity index (χ1n) is 10.5. The fourth-order valence-corrected chi connectivity index (χ4v) is 3.84. The molecule has 0 unspecified atom stereocenters. The Kier molecular flexibility index (Phi) is 6.41. The number of methoxy groups -OCH3 is 1. The van der Waals surface area contributed by atoms with Crippen molar-refractivity contribution >= 4 is 11.6 Å². The van der Waals surface area contributed by atoms with E-state index in [1.54, 1.807) is 17.7 Å². The first-order chi connectivity index (χ1) is 14.7. The van der Waals surface area contributed by atoms with E-state index in [0.717, 1.165) is 11.3 Å². The van der Waals surface area contributed by atoms with Crippen molar-refractivity contribution in [3.63, 3.8) is 0 Å². The van der Waals surface area contributed by atoms with Crippen LogP contribution in [0.5, 0.6) is 11.6 Å². The molecule has 1 amide bonds. The minimum atomic E-state index is 0.106. The van der Waals surface area contributed by atoms with Gasteiger partial charge in [-0.2, -0.15) is 4.52 Å². The summed E-state index contributed by atoms with van der Waals surface area (Å²) in [7, 11) is 1.63. The average molecular weight is 409 g/mol. The van der Waals surface area contributed by atoms with Crippen molar-refractivity contribution in [1.82, 2.24) is 25.1 Å². The molecule has 158 valence electrons. The quantitative estimate of drug-likeness (QED) is 0.574. The molecule has 4 rings (SSSR count). The summed E-state index contributed by atoms with van der Waals surface area (Å²) in [5.41, 5.74) is 1.51. The SMILES string of the molecule is COc1ccc(-c2nnc3ccc(OCCNC(=O)CC4CCCCC4)nn23)cc1. The molecule has 8 nitrogen and oxygen atoms in total. The summed E-state index contributed by atoms with van der Waals surface area (Å²) in [5.74, 6) is 2.50. The molecule has 30 heavy (non-hydrogen) atoms. The van der Waals surface area contributed by atoms with Crippen molar-refractivity contribution in [3.8, 4) is 23.0 Å². The summed E-state index contributed by atoms with van der Waals surface area (Å²) in [6.07, 6.45) is 6.76. The highest BCUT2D eigenvalue weighted by Crippen LogP contribution is 2.26. The van der Waals surface area contributed by atoms with Crippen LogP contribution in [-0.2, 0) is 4.79 Å². The summed E-state index contributed by atoms with van der Waals surface area (Å²) in [6.45, 7) is 0.813. The lowest BCUT2D eigenvalue weighted by atomic mass is 9.87. The van der Waals surface area contributed by atoms with Gasteiger partial charge < -0.3 is 14.8 Å². The predicted molar refractivity (Wildman–Crippen MR) is 112 cm³/mol. The Hall–Kier alpha value is -3.16. The van der Waals surface area contributed by atoms with E-state index in [1.165, 1.54) is 32.1 Å². The molecular weight excluding hydrogens is 382 g/mol. The van der Waals surface area contributed by atoms with Crippen LogP contribution in [0.1, 0.15) is 38.5 Å². The van der Waals surface area contributed by atoms with Gasteiger partial charge in [0.05, 0.1) is 13.7 Å². The van der Waals surface area contributed by atoms with Crippen LogP contribution in [0.3, 0.4) is 0 Å². The highest BCUT2D eigenvalue weighted by atomic mass is 16.5. The number of nitrogens with zero attached hydrogens (tertiary/aromatic N) is 4. The summed E-state index contributed by atoms with van der Waals surface area (Å²) in [6, 6.07) is 11.1. The highest BCUT2D eigenvalue weighted by Gasteiger charge is 2.16. The lowest BCUT2D eigenvalue weighted by molar-refractivity contribution is -0.122. The smallest absolute Gasteiger partial charge is 0.231 e. The van der Waals surface area contributed by atoms with Crippen molar-refractivity contribution in [2.75, 3.05) is 20.3 Å². The summed E-state index contributed by atoms with van der Waals surface area (Å²) < 4.78 is 12.6. The Labute approximate surface area is 175 Å². The van der Waals surface area contributed by atoms with Gasteiger partial charge in [0.25, 0.3) is 0 Å². The third kappa shape index (κ3) is 4.87. The van der Waals surface area contributed by atoms with E-state index in [-0.39, 0.29) is 5.91 Å². The molecule has 8 heteroatoms. The average Bonchev–Trinajstić information content (AvgIpc) is 3.21. The van der Waals surface area contributed by atoms with Crippen LogP contribution < -0.4 is 14.8 Å². The maximum atomic E-state index is 12.1. The van der Waals surface area contributed by atoms with E-state index in [4.69, 9.17) is 9.47 Å². The third-order valence-electron chi connectivity index (χ3n) is 5.46. The largest absolute Gasteiger partial charge is 0.497 e. The van der Waals surface area contributed by atoms with Crippen LogP contribution >= 0.6 is 0 Å². The highest BCUT2D eigenvalue weighted by molar-refractivity contribution is 5.76. The molecule has 2 heterocycles. The second-order valence-corrected chi connectivity index (χ2v) is 7.60. The zero-order chi connectivity index (χ0) is 20.8.